The van der Waals surface area contributed by atoms with Crippen molar-refractivity contribution < 1.29 is 18.3 Å². The van der Waals surface area contributed by atoms with Crippen LogP contribution in [0.3, 0.4) is 0 Å². The zero-order chi connectivity index (χ0) is 13.7. The highest BCUT2D eigenvalue weighted by atomic mass is 19.3. The number of hydrogen-bond acceptors (Lipinski definition) is 2. The molecule has 0 aromatic heterocycles. The first-order valence-electron chi connectivity index (χ1n) is 6.74. The zero-order valence-corrected chi connectivity index (χ0v) is 10.8. The lowest BCUT2D eigenvalue weighted by molar-refractivity contribution is -0.0622. The molecule has 1 saturated carbocycles. The van der Waals surface area contributed by atoms with Gasteiger partial charge in [0.05, 0.1) is 6.04 Å². The predicted octanol–water partition coefficient (Wildman–Crippen LogP) is 3.57. The molecule has 2 aliphatic carbocycles. The molecular formula is C14H19F2NO2. The molecule has 1 N–H and O–H groups in total. The maximum atomic E-state index is 13.5. The molecule has 0 aliphatic heterocycles. The summed E-state index contributed by atoms with van der Waals surface area (Å²) >= 11 is 0. The Bertz CT molecular complexity index is 391. The number of rotatable bonds is 3. The Balaban J connectivity index is 1.77. The minimum Gasteiger partial charge on any atom is -0.445 e. The third-order valence-corrected chi connectivity index (χ3v) is 3.50. The first-order chi connectivity index (χ1) is 9.08. The number of hydrogen-bond donors (Lipinski definition) is 1. The summed E-state index contributed by atoms with van der Waals surface area (Å²) < 4.78 is 32.0. The fraction of sp³-hybridized carbons (Fsp3) is 0.643. The van der Waals surface area contributed by atoms with Gasteiger partial charge < -0.3 is 10.1 Å². The molecule has 1 fully saturated rings. The molecule has 1 atom stereocenters. The van der Waals surface area contributed by atoms with Crippen LogP contribution in [0.4, 0.5) is 13.6 Å². The summed E-state index contributed by atoms with van der Waals surface area (Å²) in [5.74, 6) is -2.82. The van der Waals surface area contributed by atoms with Crippen LogP contribution < -0.4 is 5.32 Å². The third kappa shape index (κ3) is 4.04. The lowest BCUT2D eigenvalue weighted by Gasteiger charge is -2.31. The van der Waals surface area contributed by atoms with Gasteiger partial charge in [0.1, 0.15) is 6.61 Å². The van der Waals surface area contributed by atoms with Crippen molar-refractivity contribution in [2.24, 2.45) is 0 Å². The van der Waals surface area contributed by atoms with E-state index in [1.807, 2.05) is 18.2 Å². The van der Waals surface area contributed by atoms with Gasteiger partial charge in [0, 0.05) is 6.42 Å². The van der Waals surface area contributed by atoms with E-state index in [0.29, 0.717) is 19.3 Å². The number of ether oxygens (including phenoxy) is 1. The fourth-order valence-corrected chi connectivity index (χ4v) is 2.38. The van der Waals surface area contributed by atoms with E-state index < -0.39 is 18.1 Å². The Morgan fingerprint density at radius 2 is 2.26 bits per heavy atom. The lowest BCUT2D eigenvalue weighted by Crippen LogP contribution is -2.49. The van der Waals surface area contributed by atoms with Crippen LogP contribution in [-0.2, 0) is 4.74 Å². The average molecular weight is 271 g/mol. The Morgan fingerprint density at radius 3 is 2.95 bits per heavy atom. The summed E-state index contributed by atoms with van der Waals surface area (Å²) in [6.45, 7) is 0.140. The Hall–Kier alpha value is -1.39. The highest BCUT2D eigenvalue weighted by Gasteiger charge is 2.42. The summed E-state index contributed by atoms with van der Waals surface area (Å²) in [5, 5.41) is 2.29. The SMILES string of the molecule is O=C(NC1CCCCC1(F)F)OCC1=CCCC=C1. The maximum absolute atomic E-state index is 13.5. The van der Waals surface area contributed by atoms with E-state index in [1.165, 1.54) is 0 Å². The molecule has 106 valence electrons. The second-order valence-electron chi connectivity index (χ2n) is 5.04. The zero-order valence-electron chi connectivity index (χ0n) is 10.8. The Labute approximate surface area is 111 Å². The monoisotopic (exact) mass is 271 g/mol. The van der Waals surface area contributed by atoms with Crippen molar-refractivity contribution in [1.82, 2.24) is 5.32 Å². The van der Waals surface area contributed by atoms with Crippen LogP contribution in [-0.4, -0.2) is 24.7 Å². The van der Waals surface area contributed by atoms with E-state index in [0.717, 1.165) is 18.4 Å². The van der Waals surface area contributed by atoms with Crippen molar-refractivity contribution in [3.8, 4) is 0 Å². The fourth-order valence-electron chi connectivity index (χ4n) is 2.38. The predicted molar refractivity (Wildman–Crippen MR) is 68.1 cm³/mol. The summed E-state index contributed by atoms with van der Waals surface area (Å²) in [7, 11) is 0. The number of allylic oxidation sites excluding steroid dienone is 2. The van der Waals surface area contributed by atoms with Crippen LogP contribution in [0, 0.1) is 0 Å². The lowest BCUT2D eigenvalue weighted by atomic mass is 9.92. The summed E-state index contributed by atoms with van der Waals surface area (Å²) in [6.07, 6.45) is 8.43. The van der Waals surface area contributed by atoms with E-state index in [1.54, 1.807) is 0 Å². The van der Waals surface area contributed by atoms with Gasteiger partial charge in [-0.25, -0.2) is 13.6 Å². The smallest absolute Gasteiger partial charge is 0.407 e. The van der Waals surface area contributed by atoms with Crippen molar-refractivity contribution in [3.63, 3.8) is 0 Å². The maximum Gasteiger partial charge on any atom is 0.407 e. The van der Waals surface area contributed by atoms with Crippen LogP contribution in [0.2, 0.25) is 0 Å². The van der Waals surface area contributed by atoms with E-state index >= 15 is 0 Å². The van der Waals surface area contributed by atoms with Crippen molar-refractivity contribution >= 4 is 6.09 Å². The Morgan fingerprint density at radius 1 is 1.42 bits per heavy atom. The number of carbonyl (C=O) groups excluding carboxylic acids is 1. The molecule has 1 unspecified atom stereocenters. The molecule has 19 heavy (non-hydrogen) atoms. The van der Waals surface area contributed by atoms with E-state index in [9.17, 15) is 13.6 Å². The molecule has 0 aromatic carbocycles. The molecule has 0 saturated heterocycles. The molecule has 5 heteroatoms. The topological polar surface area (TPSA) is 38.3 Å². The molecule has 2 rings (SSSR count). The second kappa shape index (κ2) is 6.17. The van der Waals surface area contributed by atoms with E-state index in [-0.39, 0.29) is 13.0 Å². The standard InChI is InChI=1S/C14H19F2NO2/c15-14(16)9-5-4-8-12(14)17-13(18)19-10-11-6-2-1-3-7-11/h2,6-7,12H,1,3-5,8-10H2,(H,17,18). The Kier molecular flexibility index (Phi) is 4.56. The number of nitrogens with one attached hydrogen (secondary N) is 1. The van der Waals surface area contributed by atoms with Crippen LogP contribution in [0.15, 0.2) is 23.8 Å². The normalized spacial score (nSPS) is 25.6. The summed E-state index contributed by atoms with van der Waals surface area (Å²) in [4.78, 5) is 11.5. The number of halogens is 2. The molecule has 1 amide bonds. The van der Waals surface area contributed by atoms with Crippen molar-refractivity contribution in [1.29, 1.82) is 0 Å². The first-order valence-corrected chi connectivity index (χ1v) is 6.74. The molecule has 2 aliphatic rings. The molecule has 0 heterocycles. The van der Waals surface area contributed by atoms with Crippen LogP contribution in [0.25, 0.3) is 0 Å². The van der Waals surface area contributed by atoms with Gasteiger partial charge in [0.25, 0.3) is 5.92 Å². The minimum absolute atomic E-state index is 0.140. The molecule has 0 spiro atoms. The summed E-state index contributed by atoms with van der Waals surface area (Å²) in [5.41, 5.74) is 0.914. The van der Waals surface area contributed by atoms with Gasteiger partial charge in [-0.2, -0.15) is 0 Å². The summed E-state index contributed by atoms with van der Waals surface area (Å²) in [6, 6.07) is -1.09. The number of carbonyl (C=O) groups is 1. The average Bonchev–Trinajstić information content (AvgIpc) is 2.40. The van der Waals surface area contributed by atoms with Gasteiger partial charge in [-0.1, -0.05) is 24.6 Å². The molecule has 0 bridgehead atoms. The van der Waals surface area contributed by atoms with Gasteiger partial charge in [-0.05, 0) is 31.3 Å². The molecule has 3 nitrogen and oxygen atoms in total. The van der Waals surface area contributed by atoms with Crippen molar-refractivity contribution in [2.75, 3.05) is 6.61 Å². The number of alkyl carbamates (subject to hydrolysis) is 1. The van der Waals surface area contributed by atoms with Crippen LogP contribution in [0.5, 0.6) is 0 Å². The van der Waals surface area contributed by atoms with Crippen molar-refractivity contribution in [2.45, 2.75) is 50.5 Å². The molecular weight excluding hydrogens is 252 g/mol. The largest absolute Gasteiger partial charge is 0.445 e. The third-order valence-electron chi connectivity index (χ3n) is 3.50. The van der Waals surface area contributed by atoms with E-state index in [2.05, 4.69) is 5.32 Å². The van der Waals surface area contributed by atoms with Crippen LogP contribution in [0.1, 0.15) is 38.5 Å². The van der Waals surface area contributed by atoms with Crippen molar-refractivity contribution in [3.05, 3.63) is 23.8 Å². The minimum atomic E-state index is -2.82. The highest BCUT2D eigenvalue weighted by molar-refractivity contribution is 5.68. The quantitative estimate of drug-likeness (QED) is 0.852. The van der Waals surface area contributed by atoms with Gasteiger partial charge >= 0.3 is 6.09 Å². The van der Waals surface area contributed by atoms with Gasteiger partial charge in [-0.15, -0.1) is 0 Å². The van der Waals surface area contributed by atoms with Gasteiger partial charge in [-0.3, -0.25) is 0 Å². The molecule has 0 aromatic rings. The number of amides is 1. The highest BCUT2D eigenvalue weighted by Crippen LogP contribution is 2.33. The first kappa shape index (κ1) is 14.0. The second-order valence-corrected chi connectivity index (χ2v) is 5.04. The molecule has 0 radical (unpaired) electrons. The number of alkyl halides is 2. The van der Waals surface area contributed by atoms with E-state index in [4.69, 9.17) is 4.74 Å². The van der Waals surface area contributed by atoms with Crippen LogP contribution >= 0.6 is 0 Å². The van der Waals surface area contributed by atoms with Gasteiger partial charge in [0.2, 0.25) is 0 Å². The van der Waals surface area contributed by atoms with Gasteiger partial charge in [0.15, 0.2) is 0 Å².